The molecule has 2 N–H and O–H groups in total. The number of ether oxygens (including phenoxy) is 1. The largest absolute Gasteiger partial charge is 0.444 e. The molecule has 1 amide bonds. The van der Waals surface area contributed by atoms with Crippen molar-refractivity contribution in [2.24, 2.45) is 0 Å². The van der Waals surface area contributed by atoms with Crippen LogP contribution < -0.4 is 10.2 Å². The maximum absolute atomic E-state index is 13.2. The lowest BCUT2D eigenvalue weighted by molar-refractivity contribution is 0.102. The van der Waals surface area contributed by atoms with Crippen LogP contribution in [-0.2, 0) is 11.3 Å². The average Bonchev–Trinajstić information content (AvgIpc) is 3.50. The fraction of sp³-hybridized carbons (Fsp3) is 0.360. The number of carbonyl (C=O) groups is 1. The van der Waals surface area contributed by atoms with Crippen LogP contribution in [0, 0.1) is 6.92 Å². The highest BCUT2D eigenvalue weighted by atomic mass is 16.5. The zero-order valence-corrected chi connectivity index (χ0v) is 19.8. The molecule has 182 valence electrons. The number of carbonyl (C=O) groups excluding carboxylic acids is 1. The first-order valence-corrected chi connectivity index (χ1v) is 11.6. The van der Waals surface area contributed by atoms with Gasteiger partial charge in [0, 0.05) is 43.0 Å². The van der Waals surface area contributed by atoms with Crippen LogP contribution in [0.15, 0.2) is 47.3 Å². The second-order valence-corrected chi connectivity index (χ2v) is 8.68. The molecule has 35 heavy (non-hydrogen) atoms. The highest BCUT2D eigenvalue weighted by molar-refractivity contribution is 6.06. The maximum Gasteiger partial charge on any atom is 0.277 e. The molecule has 0 unspecified atom stereocenters. The van der Waals surface area contributed by atoms with Gasteiger partial charge in [0.05, 0.1) is 42.3 Å². The van der Waals surface area contributed by atoms with Crippen LogP contribution in [0.5, 0.6) is 0 Å². The summed E-state index contributed by atoms with van der Waals surface area (Å²) in [6.45, 7) is 4.44. The van der Waals surface area contributed by atoms with Crippen molar-refractivity contribution >= 4 is 28.2 Å². The van der Waals surface area contributed by atoms with Gasteiger partial charge in [0.2, 0.25) is 5.89 Å². The van der Waals surface area contributed by atoms with Crippen molar-refractivity contribution in [2.75, 3.05) is 37.0 Å². The zero-order valence-electron chi connectivity index (χ0n) is 19.8. The molecule has 0 spiro atoms. The number of hydrogen-bond acceptors (Lipinski definition) is 8. The normalized spacial score (nSPS) is 14.5. The van der Waals surface area contributed by atoms with Crippen molar-refractivity contribution < 1.29 is 19.1 Å². The molecule has 1 aliphatic heterocycles. The van der Waals surface area contributed by atoms with E-state index in [1.165, 1.54) is 6.26 Å². The van der Waals surface area contributed by atoms with E-state index < -0.39 is 0 Å². The van der Waals surface area contributed by atoms with Gasteiger partial charge in [-0.05, 0) is 44.0 Å². The molecule has 10 heteroatoms. The number of piperidine rings is 1. The predicted molar refractivity (Wildman–Crippen MR) is 131 cm³/mol. The van der Waals surface area contributed by atoms with Crippen molar-refractivity contribution in [3.8, 4) is 11.5 Å². The third kappa shape index (κ3) is 4.89. The molecule has 3 aromatic heterocycles. The molecular formula is C25H28N6O4. The van der Waals surface area contributed by atoms with Crippen molar-refractivity contribution in [3.05, 3.63) is 54.3 Å². The molecule has 4 aromatic rings. The first-order valence-electron chi connectivity index (χ1n) is 11.6. The van der Waals surface area contributed by atoms with E-state index in [-0.39, 0.29) is 17.7 Å². The fourth-order valence-electron chi connectivity index (χ4n) is 4.32. The molecule has 0 radical (unpaired) electrons. The number of amides is 1. The molecule has 0 atom stereocenters. The minimum absolute atomic E-state index is 0.186. The molecule has 0 aliphatic carbocycles. The molecule has 10 nitrogen and oxygen atoms in total. The van der Waals surface area contributed by atoms with Crippen molar-refractivity contribution in [1.82, 2.24) is 19.7 Å². The summed E-state index contributed by atoms with van der Waals surface area (Å²) in [7, 11) is 1.66. The Bertz CT molecular complexity index is 1340. The zero-order chi connectivity index (χ0) is 24.4. The molecule has 1 aliphatic rings. The Hall–Kier alpha value is -3.76. The summed E-state index contributed by atoms with van der Waals surface area (Å²) in [5.74, 6) is -0.00374. The van der Waals surface area contributed by atoms with Crippen LogP contribution in [0.4, 0.5) is 11.4 Å². The van der Waals surface area contributed by atoms with Gasteiger partial charge in [0.25, 0.3) is 5.91 Å². The van der Waals surface area contributed by atoms with E-state index in [1.54, 1.807) is 25.6 Å². The summed E-state index contributed by atoms with van der Waals surface area (Å²) in [6.07, 6.45) is 5.87. The predicted octanol–water partition coefficient (Wildman–Crippen LogP) is 3.25. The Morgan fingerprint density at radius 2 is 2.11 bits per heavy atom. The number of aryl methyl sites for hydroxylation is 1. The van der Waals surface area contributed by atoms with E-state index in [1.807, 2.05) is 29.8 Å². The van der Waals surface area contributed by atoms with E-state index in [0.29, 0.717) is 50.7 Å². The highest BCUT2D eigenvalue weighted by Gasteiger charge is 2.23. The number of nitrogens with zero attached hydrogens (tertiary/aromatic N) is 5. The van der Waals surface area contributed by atoms with Gasteiger partial charge in [-0.15, -0.1) is 0 Å². The van der Waals surface area contributed by atoms with Crippen molar-refractivity contribution in [1.29, 1.82) is 0 Å². The van der Waals surface area contributed by atoms with Gasteiger partial charge in [0.1, 0.15) is 6.26 Å². The lowest BCUT2D eigenvalue weighted by Crippen LogP contribution is -2.36. The van der Waals surface area contributed by atoms with Gasteiger partial charge < -0.3 is 24.5 Å². The number of hydrogen-bond donors (Lipinski definition) is 2. The van der Waals surface area contributed by atoms with Gasteiger partial charge in [-0.25, -0.2) is 4.98 Å². The summed E-state index contributed by atoms with van der Waals surface area (Å²) < 4.78 is 12.7. The Kier molecular flexibility index (Phi) is 6.47. The van der Waals surface area contributed by atoms with Gasteiger partial charge in [0.15, 0.2) is 5.69 Å². The Balaban J connectivity index is 1.45. The van der Waals surface area contributed by atoms with E-state index in [4.69, 9.17) is 9.15 Å². The number of anilines is 2. The second-order valence-electron chi connectivity index (χ2n) is 8.68. The number of pyridine rings is 1. The lowest BCUT2D eigenvalue weighted by atomic mass is 10.1. The van der Waals surface area contributed by atoms with Gasteiger partial charge in [-0.3, -0.25) is 14.5 Å². The Morgan fingerprint density at radius 3 is 2.89 bits per heavy atom. The molecule has 1 fully saturated rings. The number of aliphatic hydroxyl groups excluding tert-OH is 1. The number of aliphatic hydroxyl groups is 1. The van der Waals surface area contributed by atoms with Crippen molar-refractivity contribution in [2.45, 2.75) is 32.4 Å². The average molecular weight is 477 g/mol. The van der Waals surface area contributed by atoms with Gasteiger partial charge in [-0.2, -0.15) is 5.10 Å². The number of aromatic nitrogens is 4. The summed E-state index contributed by atoms with van der Waals surface area (Å²) in [5, 5.41) is 18.4. The first-order chi connectivity index (χ1) is 17.0. The molecule has 0 saturated carbocycles. The van der Waals surface area contributed by atoms with Crippen LogP contribution in [0.1, 0.15) is 29.0 Å². The van der Waals surface area contributed by atoms with E-state index in [2.05, 4.69) is 25.3 Å². The smallest absolute Gasteiger partial charge is 0.277 e. The molecule has 1 aromatic carbocycles. The van der Waals surface area contributed by atoms with Gasteiger partial charge >= 0.3 is 0 Å². The molecule has 4 heterocycles. The fourth-order valence-corrected chi connectivity index (χ4v) is 4.32. The first kappa shape index (κ1) is 23.0. The summed E-state index contributed by atoms with van der Waals surface area (Å²) in [4.78, 5) is 23.9. The third-order valence-corrected chi connectivity index (χ3v) is 6.20. The highest BCUT2D eigenvalue weighted by Crippen LogP contribution is 2.34. The van der Waals surface area contributed by atoms with E-state index >= 15 is 0 Å². The number of nitrogens with one attached hydrogen (secondary N) is 1. The van der Waals surface area contributed by atoms with Crippen LogP contribution in [-0.4, -0.2) is 63.7 Å². The van der Waals surface area contributed by atoms with Gasteiger partial charge in [-0.1, -0.05) is 0 Å². The number of fused-ring (bicyclic) bond motifs is 1. The molecule has 1 saturated heterocycles. The van der Waals surface area contributed by atoms with E-state index in [9.17, 15) is 9.90 Å². The number of oxazole rings is 1. The molecule has 0 bridgehead atoms. The standard InChI is InChI=1S/C25H28N6O4/c1-16-11-17(3-6-26-16)25-29-21(15-35-25)24(33)28-20-12-18-14-27-31(9-10-34-2)22(18)13-23(20)30-7-4-19(32)5-8-30/h3,6,11-15,19,32H,4-5,7-10H2,1-2H3,(H,28,33). The number of benzene rings is 1. The minimum atomic E-state index is -0.366. The topological polar surface area (TPSA) is 119 Å². The van der Waals surface area contributed by atoms with Crippen LogP contribution in [0.2, 0.25) is 0 Å². The van der Waals surface area contributed by atoms with Crippen LogP contribution in [0.3, 0.4) is 0 Å². The minimum Gasteiger partial charge on any atom is -0.444 e. The quantitative estimate of drug-likeness (QED) is 0.417. The molecule has 5 rings (SSSR count). The van der Waals surface area contributed by atoms with Crippen LogP contribution in [0.25, 0.3) is 22.4 Å². The lowest BCUT2D eigenvalue weighted by Gasteiger charge is -2.33. The second kappa shape index (κ2) is 9.85. The van der Waals surface area contributed by atoms with Crippen molar-refractivity contribution in [3.63, 3.8) is 0 Å². The number of methoxy groups -OCH3 is 1. The monoisotopic (exact) mass is 476 g/mol. The maximum atomic E-state index is 13.2. The third-order valence-electron chi connectivity index (χ3n) is 6.20. The number of rotatable bonds is 7. The summed E-state index contributed by atoms with van der Waals surface area (Å²) in [5.41, 5.74) is 4.28. The Labute approximate surface area is 202 Å². The summed E-state index contributed by atoms with van der Waals surface area (Å²) >= 11 is 0. The SMILES string of the molecule is COCCn1ncc2cc(NC(=O)c3coc(-c4ccnc(C)c4)n3)c(N3CCC(O)CC3)cc21. The van der Waals surface area contributed by atoms with E-state index in [0.717, 1.165) is 27.8 Å². The Morgan fingerprint density at radius 1 is 1.29 bits per heavy atom. The van der Waals surface area contributed by atoms with Crippen LogP contribution >= 0.6 is 0 Å². The molecular weight excluding hydrogens is 448 g/mol. The summed E-state index contributed by atoms with van der Waals surface area (Å²) in [6, 6.07) is 7.61.